The Kier molecular flexibility index (Phi) is 12.3. The first-order valence-corrected chi connectivity index (χ1v) is 12.3. The predicted octanol–water partition coefficient (Wildman–Crippen LogP) is 7.85. The van der Waals surface area contributed by atoms with Crippen molar-refractivity contribution in [2.45, 2.75) is 124 Å². The minimum atomic E-state index is -5.93. The average Bonchev–Trinajstić information content (AvgIpc) is 3.38. The average molecular weight is 493 g/mol. The number of halogens is 6. The topological polar surface area (TPSA) is 46.5 Å². The maximum Gasteiger partial charge on any atom is 0.426 e. The van der Waals surface area contributed by atoms with E-state index in [0.29, 0.717) is 32.1 Å². The van der Waals surface area contributed by atoms with E-state index in [0.717, 1.165) is 12.8 Å². The molecule has 0 spiro atoms. The second-order valence-electron chi connectivity index (χ2n) is 9.01. The lowest BCUT2D eigenvalue weighted by Crippen LogP contribution is -2.59. The first kappa shape index (κ1) is 32.0. The largest absolute Gasteiger partial charge is 0.462 e. The predicted molar refractivity (Wildman–Crippen MR) is 116 cm³/mol. The number of carbonyl (C=O) groups excluding carboxylic acids is 1. The van der Waals surface area contributed by atoms with Crippen molar-refractivity contribution in [2.24, 2.45) is 23.2 Å². The molecule has 0 aromatic heterocycles. The zero-order chi connectivity index (χ0) is 26.3. The zero-order valence-corrected chi connectivity index (χ0v) is 21.0. The van der Waals surface area contributed by atoms with Gasteiger partial charge >= 0.3 is 18.3 Å². The van der Waals surface area contributed by atoms with E-state index < -0.39 is 47.8 Å². The van der Waals surface area contributed by atoms with Crippen LogP contribution >= 0.6 is 0 Å². The van der Waals surface area contributed by atoms with E-state index >= 15 is 0 Å². The molecule has 33 heavy (non-hydrogen) atoms. The summed E-state index contributed by atoms with van der Waals surface area (Å²) in [6, 6.07) is 0. The molecule has 0 heterocycles. The summed E-state index contributed by atoms with van der Waals surface area (Å²) in [5, 5.41) is 9.72. The van der Waals surface area contributed by atoms with Crippen LogP contribution in [0.2, 0.25) is 0 Å². The lowest BCUT2D eigenvalue weighted by Gasteiger charge is -2.39. The number of aliphatic hydroxyl groups is 1. The van der Waals surface area contributed by atoms with E-state index in [1.807, 2.05) is 34.6 Å². The molecule has 2 aliphatic rings. The normalized spacial score (nSPS) is 25.2. The van der Waals surface area contributed by atoms with Gasteiger partial charge in [-0.05, 0) is 56.8 Å². The Hall–Kier alpha value is -0.990. The number of ether oxygens (including phenoxy) is 1. The number of carbonyl (C=O) groups is 1. The molecule has 2 aliphatic carbocycles. The smallest absolute Gasteiger partial charge is 0.426 e. The molecule has 2 saturated carbocycles. The van der Waals surface area contributed by atoms with Crippen LogP contribution in [0.3, 0.4) is 0 Å². The number of alkyl halides is 6. The van der Waals surface area contributed by atoms with Crippen molar-refractivity contribution in [2.75, 3.05) is 0 Å². The lowest BCUT2D eigenvalue weighted by atomic mass is 9.79. The van der Waals surface area contributed by atoms with E-state index in [1.54, 1.807) is 13.8 Å². The molecule has 3 nitrogen and oxygen atoms in total. The summed E-state index contributed by atoms with van der Waals surface area (Å²) in [5.41, 5.74) is -5.90. The summed E-state index contributed by atoms with van der Waals surface area (Å²) in [6.07, 6.45) is -11.1. The van der Waals surface area contributed by atoms with Crippen molar-refractivity contribution in [3.05, 3.63) is 0 Å². The van der Waals surface area contributed by atoms with Gasteiger partial charge in [-0.2, -0.15) is 26.3 Å². The standard InChI is InChI=1S/C20H30F6O3.2C2H6/c1-4-8-17(3,5-2)16(27)29-15(14-10-12-6-7-13(14)9-12)11-18(28,19(21,22)23)20(24,25)26;2*1-2/h12-15,28H,4-11H2,1-3H3;2*1-2H3. The van der Waals surface area contributed by atoms with Gasteiger partial charge in [-0.25, -0.2) is 0 Å². The van der Waals surface area contributed by atoms with Crippen LogP contribution in [0.5, 0.6) is 0 Å². The molecule has 2 rings (SSSR count). The van der Waals surface area contributed by atoms with Gasteiger partial charge in [0.05, 0.1) is 5.41 Å². The fourth-order valence-corrected chi connectivity index (χ4v) is 4.97. The van der Waals surface area contributed by atoms with Crippen molar-refractivity contribution < 1.29 is 41.0 Å². The summed E-state index contributed by atoms with van der Waals surface area (Å²) in [4.78, 5) is 12.8. The van der Waals surface area contributed by atoms with Crippen molar-refractivity contribution in [3.8, 4) is 0 Å². The Bertz CT molecular complexity index is 576. The van der Waals surface area contributed by atoms with Gasteiger partial charge in [0, 0.05) is 6.42 Å². The summed E-state index contributed by atoms with van der Waals surface area (Å²) < 4.78 is 85.1. The van der Waals surface area contributed by atoms with Gasteiger partial charge in [-0.15, -0.1) is 0 Å². The van der Waals surface area contributed by atoms with Crippen molar-refractivity contribution in [3.63, 3.8) is 0 Å². The molecule has 0 aromatic carbocycles. The summed E-state index contributed by atoms with van der Waals surface area (Å²) >= 11 is 0. The van der Waals surface area contributed by atoms with Gasteiger partial charge in [0.25, 0.3) is 5.60 Å². The molecule has 198 valence electrons. The second kappa shape index (κ2) is 12.6. The minimum absolute atomic E-state index is 0.0809. The molecule has 0 radical (unpaired) electrons. The molecule has 1 N–H and O–H groups in total. The van der Waals surface area contributed by atoms with Crippen LogP contribution in [-0.2, 0) is 9.53 Å². The molecule has 9 heteroatoms. The molecule has 0 saturated heterocycles. The molecule has 5 unspecified atom stereocenters. The first-order chi connectivity index (χ1) is 15.2. The number of hydrogen-bond acceptors (Lipinski definition) is 3. The van der Waals surface area contributed by atoms with Crippen molar-refractivity contribution in [1.82, 2.24) is 0 Å². The lowest BCUT2D eigenvalue weighted by molar-refractivity contribution is -0.375. The SMILES string of the molecule is CC.CC.CCCC(C)(CC)C(=O)OC(CC(O)(C(F)(F)F)C(F)(F)F)C1CC2CCC1C2. The van der Waals surface area contributed by atoms with E-state index in [9.17, 15) is 36.2 Å². The van der Waals surface area contributed by atoms with Crippen LogP contribution < -0.4 is 0 Å². The van der Waals surface area contributed by atoms with Crippen LogP contribution in [-0.4, -0.2) is 35.1 Å². The monoisotopic (exact) mass is 492 g/mol. The third kappa shape index (κ3) is 7.25. The van der Waals surface area contributed by atoms with Gasteiger partial charge in [0.2, 0.25) is 0 Å². The first-order valence-electron chi connectivity index (χ1n) is 12.3. The molecule has 0 aromatic rings. The summed E-state index contributed by atoms with van der Waals surface area (Å²) in [6.45, 7) is 13.2. The van der Waals surface area contributed by atoms with Crippen LogP contribution in [0.4, 0.5) is 26.3 Å². The Balaban J connectivity index is 0.00000242. The Morgan fingerprint density at radius 1 is 0.970 bits per heavy atom. The number of esters is 1. The van der Waals surface area contributed by atoms with Crippen LogP contribution in [0.1, 0.15) is 99.8 Å². The zero-order valence-electron chi connectivity index (χ0n) is 21.0. The molecular formula is C24H42F6O3. The quantitative estimate of drug-likeness (QED) is 0.277. The van der Waals surface area contributed by atoms with Gasteiger partial charge < -0.3 is 9.84 Å². The number of fused-ring (bicyclic) bond motifs is 2. The van der Waals surface area contributed by atoms with E-state index in [4.69, 9.17) is 4.74 Å². The van der Waals surface area contributed by atoms with E-state index in [1.165, 1.54) is 0 Å². The Morgan fingerprint density at radius 3 is 1.82 bits per heavy atom. The van der Waals surface area contributed by atoms with E-state index in [2.05, 4.69) is 0 Å². The maximum atomic E-state index is 13.3. The molecule has 2 fully saturated rings. The van der Waals surface area contributed by atoms with Gasteiger partial charge in [0.1, 0.15) is 6.10 Å². The minimum Gasteiger partial charge on any atom is -0.462 e. The Labute approximate surface area is 194 Å². The Morgan fingerprint density at radius 2 is 1.48 bits per heavy atom. The number of hydrogen-bond donors (Lipinski definition) is 1. The third-order valence-corrected chi connectivity index (χ3v) is 7.04. The summed E-state index contributed by atoms with van der Waals surface area (Å²) in [5.74, 6) is -1.25. The molecule has 5 atom stereocenters. The highest BCUT2D eigenvalue weighted by atomic mass is 19.4. The number of rotatable bonds is 8. The van der Waals surface area contributed by atoms with Gasteiger partial charge in [-0.3, -0.25) is 4.79 Å². The third-order valence-electron chi connectivity index (χ3n) is 7.04. The highest BCUT2D eigenvalue weighted by Crippen LogP contribution is 2.54. The highest BCUT2D eigenvalue weighted by molar-refractivity contribution is 5.76. The molecule has 2 bridgehead atoms. The maximum absolute atomic E-state index is 13.3. The molecule has 0 aliphatic heterocycles. The van der Waals surface area contributed by atoms with E-state index in [-0.39, 0.29) is 11.8 Å². The van der Waals surface area contributed by atoms with Crippen molar-refractivity contribution >= 4 is 5.97 Å². The summed E-state index contributed by atoms with van der Waals surface area (Å²) in [7, 11) is 0. The van der Waals surface area contributed by atoms with Crippen LogP contribution in [0.15, 0.2) is 0 Å². The fraction of sp³-hybridized carbons (Fsp3) is 0.958. The highest BCUT2D eigenvalue weighted by Gasteiger charge is 2.71. The van der Waals surface area contributed by atoms with Crippen molar-refractivity contribution in [1.29, 1.82) is 0 Å². The fourth-order valence-electron chi connectivity index (χ4n) is 4.97. The second-order valence-corrected chi connectivity index (χ2v) is 9.01. The van der Waals surface area contributed by atoms with Crippen LogP contribution in [0.25, 0.3) is 0 Å². The molecular weight excluding hydrogens is 450 g/mol. The van der Waals surface area contributed by atoms with Gasteiger partial charge in [-0.1, -0.05) is 54.4 Å². The van der Waals surface area contributed by atoms with Crippen LogP contribution in [0, 0.1) is 23.2 Å². The van der Waals surface area contributed by atoms with Gasteiger partial charge in [0.15, 0.2) is 0 Å². The molecule has 0 amide bonds.